The molecule has 5 atom stereocenters. The molecule has 4 aliphatic rings. The first-order valence-corrected chi connectivity index (χ1v) is 16.6. The highest BCUT2D eigenvalue weighted by Crippen LogP contribution is 2.38. The lowest BCUT2D eigenvalue weighted by atomic mass is 9.82. The number of nitrogens with one attached hydrogen (secondary N) is 3. The number of para-hydroxylation sites is 1. The van der Waals surface area contributed by atoms with Crippen LogP contribution in [0.4, 0.5) is 5.69 Å². The molecule has 6 rings (SSSR count). The maximum atomic E-state index is 14.7. The van der Waals surface area contributed by atoms with Gasteiger partial charge in [0.2, 0.25) is 17.7 Å². The first-order valence-electron chi connectivity index (χ1n) is 16.2. The van der Waals surface area contributed by atoms with Crippen LogP contribution in [0.15, 0.2) is 42.5 Å². The fraction of sp³-hybridized carbons (Fsp3) is 0.559. The number of hydrogen-bond acceptors (Lipinski definition) is 6. The topological polar surface area (TPSA) is 103 Å². The van der Waals surface area contributed by atoms with Crippen LogP contribution in [-0.2, 0) is 20.8 Å². The molecule has 0 unspecified atom stereocenters. The summed E-state index contributed by atoms with van der Waals surface area (Å²) in [4.78, 5) is 46.4. The van der Waals surface area contributed by atoms with Gasteiger partial charge in [0.15, 0.2) is 0 Å². The molecule has 2 aromatic carbocycles. The van der Waals surface area contributed by atoms with Gasteiger partial charge in [0.25, 0.3) is 0 Å². The van der Waals surface area contributed by atoms with Crippen LogP contribution in [-0.4, -0.2) is 73.5 Å². The third-order valence-electron chi connectivity index (χ3n) is 10.0. The van der Waals surface area contributed by atoms with E-state index in [9.17, 15) is 14.4 Å². The molecule has 10 heteroatoms. The highest BCUT2D eigenvalue weighted by Gasteiger charge is 2.47. The van der Waals surface area contributed by atoms with Crippen molar-refractivity contribution in [1.82, 2.24) is 20.9 Å². The number of piperazine rings is 1. The monoisotopic (exact) mass is 621 g/mol. The van der Waals surface area contributed by atoms with Gasteiger partial charge in [-0.25, -0.2) is 0 Å². The molecule has 2 aromatic rings. The molecular formula is C34H44ClN5O4. The van der Waals surface area contributed by atoms with E-state index in [0.29, 0.717) is 37.6 Å². The molecule has 1 saturated heterocycles. The van der Waals surface area contributed by atoms with E-state index >= 15 is 0 Å². The van der Waals surface area contributed by atoms with E-state index in [2.05, 4.69) is 20.9 Å². The van der Waals surface area contributed by atoms with Crippen molar-refractivity contribution >= 4 is 35.0 Å². The second-order valence-electron chi connectivity index (χ2n) is 12.7. The lowest BCUT2D eigenvalue weighted by Crippen LogP contribution is -2.67. The molecule has 0 aromatic heterocycles. The Morgan fingerprint density at radius 1 is 1.05 bits per heavy atom. The summed E-state index contributed by atoms with van der Waals surface area (Å²) < 4.78 is 5.84. The SMILES string of the molecule is CC[C@H](NC)C(=O)N[C@H](C(=O)N1C[C@@H]2Cc3cc(Cl)ccc3N2C[C@H]1C(=O)N[C@@H]1CCOc2ccccc21)C1CCCCC1. The number of halogens is 1. The number of carbonyl (C=O) groups excluding carboxylic acids is 3. The minimum absolute atomic E-state index is 0.0312. The summed E-state index contributed by atoms with van der Waals surface area (Å²) in [5, 5.41) is 10.2. The molecular weight excluding hydrogens is 578 g/mol. The molecule has 44 heavy (non-hydrogen) atoms. The number of carbonyl (C=O) groups is 3. The molecule has 0 radical (unpaired) electrons. The van der Waals surface area contributed by atoms with E-state index in [4.69, 9.17) is 16.3 Å². The molecule has 3 heterocycles. The Hall–Kier alpha value is -3.30. The number of anilines is 1. The first-order chi connectivity index (χ1) is 21.4. The average Bonchev–Trinajstić information content (AvgIpc) is 3.40. The van der Waals surface area contributed by atoms with Crippen LogP contribution < -0.4 is 25.6 Å². The number of nitrogens with zero attached hydrogens (tertiary/aromatic N) is 2. The summed E-state index contributed by atoms with van der Waals surface area (Å²) in [5.74, 6) is 0.313. The quantitative estimate of drug-likeness (QED) is 0.412. The van der Waals surface area contributed by atoms with Gasteiger partial charge in [-0.05, 0) is 68.5 Å². The second kappa shape index (κ2) is 13.4. The van der Waals surface area contributed by atoms with Crippen molar-refractivity contribution in [3.05, 3.63) is 58.6 Å². The van der Waals surface area contributed by atoms with Crippen molar-refractivity contribution in [3.63, 3.8) is 0 Å². The summed E-state index contributed by atoms with van der Waals surface area (Å²) >= 11 is 6.35. The molecule has 0 spiro atoms. The zero-order valence-electron chi connectivity index (χ0n) is 25.7. The van der Waals surface area contributed by atoms with Crippen molar-refractivity contribution in [2.75, 3.05) is 31.6 Å². The normalized spacial score (nSPS) is 24.3. The fourth-order valence-corrected chi connectivity index (χ4v) is 7.83. The van der Waals surface area contributed by atoms with Crippen LogP contribution in [0.5, 0.6) is 5.75 Å². The minimum Gasteiger partial charge on any atom is -0.493 e. The van der Waals surface area contributed by atoms with Gasteiger partial charge < -0.3 is 30.5 Å². The van der Waals surface area contributed by atoms with Crippen LogP contribution in [0, 0.1) is 5.92 Å². The second-order valence-corrected chi connectivity index (χ2v) is 13.1. The van der Waals surface area contributed by atoms with Crippen LogP contribution in [0.1, 0.15) is 69.0 Å². The van der Waals surface area contributed by atoms with Gasteiger partial charge in [-0.3, -0.25) is 14.4 Å². The van der Waals surface area contributed by atoms with Crippen LogP contribution >= 0.6 is 11.6 Å². The fourth-order valence-electron chi connectivity index (χ4n) is 7.64. The summed E-state index contributed by atoms with van der Waals surface area (Å²) in [7, 11) is 1.77. The first kappa shape index (κ1) is 30.7. The smallest absolute Gasteiger partial charge is 0.246 e. The molecule has 2 fully saturated rings. The number of rotatable bonds is 8. The predicted octanol–water partition coefficient (Wildman–Crippen LogP) is 3.99. The van der Waals surface area contributed by atoms with Crippen molar-refractivity contribution < 1.29 is 19.1 Å². The maximum absolute atomic E-state index is 14.7. The van der Waals surface area contributed by atoms with Gasteiger partial charge in [0, 0.05) is 35.8 Å². The van der Waals surface area contributed by atoms with Crippen LogP contribution in [0.3, 0.4) is 0 Å². The van der Waals surface area contributed by atoms with E-state index in [0.717, 1.165) is 61.1 Å². The molecule has 236 valence electrons. The highest BCUT2D eigenvalue weighted by molar-refractivity contribution is 6.30. The number of amides is 3. The van der Waals surface area contributed by atoms with E-state index in [1.54, 1.807) is 11.9 Å². The van der Waals surface area contributed by atoms with E-state index in [1.165, 1.54) is 0 Å². The Morgan fingerprint density at radius 2 is 1.84 bits per heavy atom. The molecule has 3 aliphatic heterocycles. The van der Waals surface area contributed by atoms with Crippen molar-refractivity contribution in [1.29, 1.82) is 0 Å². The standard InChI is InChI=1S/C34H44ClN5O4/c1-3-26(36-2)32(41)38-31(21-9-5-4-6-10-21)34(43)40-19-24-18-22-17-23(35)13-14-28(22)39(24)20-29(40)33(42)37-27-15-16-44-30-12-8-7-11-25(27)30/h7-8,11-14,17,21,24,26-27,29,31,36H,3-6,9-10,15-16,18-20H2,1-2H3,(H,37,42)(H,38,41)/t24-,26-,27+,29-,31-/m0/s1. The Bertz CT molecular complexity index is 1380. The van der Waals surface area contributed by atoms with Gasteiger partial charge in [-0.1, -0.05) is 56.0 Å². The molecule has 3 N–H and O–H groups in total. The summed E-state index contributed by atoms with van der Waals surface area (Å²) in [6.45, 7) is 3.24. The summed E-state index contributed by atoms with van der Waals surface area (Å²) in [6, 6.07) is 11.7. The Kier molecular flexibility index (Phi) is 9.33. The number of fused-ring (bicyclic) bond motifs is 4. The summed E-state index contributed by atoms with van der Waals surface area (Å²) in [5.41, 5.74) is 3.15. The zero-order chi connectivity index (χ0) is 30.8. The number of benzene rings is 2. The molecule has 0 bridgehead atoms. The lowest BCUT2D eigenvalue weighted by molar-refractivity contribution is -0.146. The van der Waals surface area contributed by atoms with E-state index in [1.807, 2.05) is 49.4 Å². The number of hydrogen-bond donors (Lipinski definition) is 3. The van der Waals surface area contributed by atoms with Crippen LogP contribution in [0.25, 0.3) is 0 Å². The number of likely N-dealkylation sites (N-methyl/N-ethyl adjacent to an activating group) is 1. The maximum Gasteiger partial charge on any atom is 0.246 e. The molecule has 1 aliphatic carbocycles. The largest absolute Gasteiger partial charge is 0.493 e. The van der Waals surface area contributed by atoms with Gasteiger partial charge >= 0.3 is 0 Å². The minimum atomic E-state index is -0.718. The lowest BCUT2D eigenvalue weighted by Gasteiger charge is -2.46. The van der Waals surface area contributed by atoms with Crippen molar-refractivity contribution in [2.45, 2.75) is 88.5 Å². The summed E-state index contributed by atoms with van der Waals surface area (Å²) in [6.07, 6.45) is 7.00. The Labute approximate surface area is 265 Å². The van der Waals surface area contributed by atoms with Gasteiger partial charge in [0.1, 0.15) is 17.8 Å². The third-order valence-corrected chi connectivity index (χ3v) is 10.3. The van der Waals surface area contributed by atoms with E-state index < -0.39 is 12.1 Å². The molecule has 1 saturated carbocycles. The molecule has 3 amide bonds. The number of ether oxygens (including phenoxy) is 1. The van der Waals surface area contributed by atoms with Crippen molar-refractivity contribution in [3.8, 4) is 5.75 Å². The van der Waals surface area contributed by atoms with Gasteiger partial charge in [-0.15, -0.1) is 0 Å². The van der Waals surface area contributed by atoms with Gasteiger partial charge in [-0.2, -0.15) is 0 Å². The Morgan fingerprint density at radius 3 is 2.61 bits per heavy atom. The van der Waals surface area contributed by atoms with E-state index in [-0.39, 0.29) is 41.8 Å². The predicted molar refractivity (Wildman–Crippen MR) is 171 cm³/mol. The zero-order valence-corrected chi connectivity index (χ0v) is 26.4. The third kappa shape index (κ3) is 6.13. The Balaban J connectivity index is 1.31. The average molecular weight is 622 g/mol. The van der Waals surface area contributed by atoms with Gasteiger partial charge in [0.05, 0.1) is 24.7 Å². The molecule has 9 nitrogen and oxygen atoms in total. The van der Waals surface area contributed by atoms with Crippen molar-refractivity contribution in [2.24, 2.45) is 5.92 Å². The highest BCUT2D eigenvalue weighted by atomic mass is 35.5. The van der Waals surface area contributed by atoms with Crippen LogP contribution in [0.2, 0.25) is 5.02 Å².